The normalized spacial score (nSPS) is 14.6. The molecule has 0 amide bonds. The standard InChI is InChI=1S/C15H17NO2S/c1-11(16-7-6-13-3-2-8-19-13)12-4-5-14-15(9-12)18-10-17-14/h2-5,8-9,11,16H,6-7,10H2,1H3. The minimum Gasteiger partial charge on any atom is -0.454 e. The molecule has 1 aliphatic heterocycles. The maximum absolute atomic E-state index is 5.40. The fourth-order valence-electron chi connectivity index (χ4n) is 2.17. The van der Waals surface area contributed by atoms with Crippen molar-refractivity contribution in [2.75, 3.05) is 13.3 Å². The van der Waals surface area contributed by atoms with E-state index in [4.69, 9.17) is 9.47 Å². The third kappa shape index (κ3) is 2.91. The first kappa shape index (κ1) is 12.5. The van der Waals surface area contributed by atoms with Crippen molar-refractivity contribution in [2.24, 2.45) is 0 Å². The molecule has 1 N–H and O–H groups in total. The number of thiophene rings is 1. The van der Waals surface area contributed by atoms with Gasteiger partial charge in [0.05, 0.1) is 0 Å². The lowest BCUT2D eigenvalue weighted by molar-refractivity contribution is 0.174. The largest absolute Gasteiger partial charge is 0.454 e. The van der Waals surface area contributed by atoms with Crippen LogP contribution < -0.4 is 14.8 Å². The van der Waals surface area contributed by atoms with Crippen molar-refractivity contribution in [1.29, 1.82) is 0 Å². The molecule has 2 aromatic rings. The number of hydrogen-bond donors (Lipinski definition) is 1. The van der Waals surface area contributed by atoms with Crippen LogP contribution in [0.1, 0.15) is 23.4 Å². The third-order valence-corrected chi connectivity index (χ3v) is 4.23. The third-order valence-electron chi connectivity index (χ3n) is 3.30. The molecule has 0 spiro atoms. The van der Waals surface area contributed by atoms with Crippen LogP contribution in [0.4, 0.5) is 0 Å². The van der Waals surface area contributed by atoms with Gasteiger partial charge in [-0.2, -0.15) is 0 Å². The van der Waals surface area contributed by atoms with E-state index >= 15 is 0 Å². The van der Waals surface area contributed by atoms with E-state index in [-0.39, 0.29) is 0 Å². The fraction of sp³-hybridized carbons (Fsp3) is 0.333. The fourth-order valence-corrected chi connectivity index (χ4v) is 2.88. The van der Waals surface area contributed by atoms with Gasteiger partial charge in [-0.15, -0.1) is 11.3 Å². The van der Waals surface area contributed by atoms with Gasteiger partial charge in [-0.25, -0.2) is 0 Å². The number of benzene rings is 1. The Labute approximate surface area is 117 Å². The highest BCUT2D eigenvalue weighted by atomic mass is 32.1. The van der Waals surface area contributed by atoms with Gasteiger partial charge in [-0.05, 0) is 42.5 Å². The molecule has 2 heterocycles. The second-order valence-corrected chi connectivity index (χ2v) is 5.65. The van der Waals surface area contributed by atoms with Crippen LogP contribution in [0.3, 0.4) is 0 Å². The van der Waals surface area contributed by atoms with Gasteiger partial charge in [0.2, 0.25) is 6.79 Å². The van der Waals surface area contributed by atoms with Crippen molar-refractivity contribution in [3.8, 4) is 11.5 Å². The topological polar surface area (TPSA) is 30.5 Å². The van der Waals surface area contributed by atoms with Gasteiger partial charge in [0, 0.05) is 17.5 Å². The van der Waals surface area contributed by atoms with E-state index in [1.54, 1.807) is 0 Å². The van der Waals surface area contributed by atoms with Crippen LogP contribution in [0.2, 0.25) is 0 Å². The van der Waals surface area contributed by atoms with Crippen molar-refractivity contribution >= 4 is 11.3 Å². The molecule has 0 saturated heterocycles. The molecule has 1 aromatic heterocycles. The molecule has 100 valence electrons. The molecular weight excluding hydrogens is 258 g/mol. The summed E-state index contributed by atoms with van der Waals surface area (Å²) in [5.41, 5.74) is 1.23. The van der Waals surface area contributed by atoms with Crippen LogP contribution in [0.15, 0.2) is 35.7 Å². The summed E-state index contributed by atoms with van der Waals surface area (Å²) in [6, 6.07) is 10.7. The molecule has 0 bridgehead atoms. The van der Waals surface area contributed by atoms with E-state index in [0.29, 0.717) is 12.8 Å². The zero-order chi connectivity index (χ0) is 13.1. The highest BCUT2D eigenvalue weighted by molar-refractivity contribution is 7.09. The predicted octanol–water partition coefficient (Wildman–Crippen LogP) is 3.37. The van der Waals surface area contributed by atoms with Crippen molar-refractivity contribution in [3.05, 3.63) is 46.2 Å². The second kappa shape index (κ2) is 5.63. The quantitative estimate of drug-likeness (QED) is 0.907. The highest BCUT2D eigenvalue weighted by Crippen LogP contribution is 2.34. The van der Waals surface area contributed by atoms with Gasteiger partial charge in [-0.3, -0.25) is 0 Å². The lowest BCUT2D eigenvalue weighted by Gasteiger charge is -2.14. The summed E-state index contributed by atoms with van der Waals surface area (Å²) in [5.74, 6) is 1.69. The Morgan fingerprint density at radius 3 is 3.00 bits per heavy atom. The summed E-state index contributed by atoms with van der Waals surface area (Å²) >= 11 is 1.81. The van der Waals surface area contributed by atoms with Crippen molar-refractivity contribution < 1.29 is 9.47 Å². The molecule has 3 rings (SSSR count). The van der Waals surface area contributed by atoms with Crippen LogP contribution in [0.25, 0.3) is 0 Å². The van der Waals surface area contributed by atoms with Crippen molar-refractivity contribution in [1.82, 2.24) is 5.32 Å². The Kier molecular flexibility index (Phi) is 3.71. The monoisotopic (exact) mass is 275 g/mol. The van der Waals surface area contributed by atoms with E-state index in [9.17, 15) is 0 Å². The zero-order valence-electron chi connectivity index (χ0n) is 10.9. The van der Waals surface area contributed by atoms with E-state index < -0.39 is 0 Å². The van der Waals surface area contributed by atoms with E-state index in [1.807, 2.05) is 17.4 Å². The molecule has 0 aliphatic carbocycles. The first-order chi connectivity index (χ1) is 9.33. The number of rotatable bonds is 5. The molecule has 1 aromatic carbocycles. The van der Waals surface area contributed by atoms with Gasteiger partial charge in [0.15, 0.2) is 11.5 Å². The van der Waals surface area contributed by atoms with Crippen LogP contribution in [-0.4, -0.2) is 13.3 Å². The minimum atomic E-state index is 0.314. The molecule has 19 heavy (non-hydrogen) atoms. The predicted molar refractivity (Wildman–Crippen MR) is 77.0 cm³/mol. The summed E-state index contributed by atoms with van der Waals surface area (Å²) in [5, 5.41) is 5.66. The first-order valence-corrected chi connectivity index (χ1v) is 7.36. The molecule has 0 saturated carbocycles. The number of nitrogens with one attached hydrogen (secondary N) is 1. The van der Waals surface area contributed by atoms with Crippen molar-refractivity contribution in [2.45, 2.75) is 19.4 Å². The summed E-state index contributed by atoms with van der Waals surface area (Å²) in [6.45, 7) is 3.49. The zero-order valence-corrected chi connectivity index (χ0v) is 11.7. The van der Waals surface area contributed by atoms with E-state index in [0.717, 1.165) is 24.5 Å². The van der Waals surface area contributed by atoms with Crippen LogP contribution >= 0.6 is 11.3 Å². The summed E-state index contributed by atoms with van der Waals surface area (Å²) in [7, 11) is 0. The Balaban J connectivity index is 1.56. The van der Waals surface area contributed by atoms with Gasteiger partial charge in [-0.1, -0.05) is 12.1 Å². The Hall–Kier alpha value is -1.52. The molecule has 1 atom stereocenters. The van der Waals surface area contributed by atoms with Gasteiger partial charge < -0.3 is 14.8 Å². The van der Waals surface area contributed by atoms with Crippen LogP contribution in [-0.2, 0) is 6.42 Å². The average molecular weight is 275 g/mol. The van der Waals surface area contributed by atoms with E-state index in [1.165, 1.54) is 10.4 Å². The number of ether oxygens (including phenoxy) is 2. The lowest BCUT2D eigenvalue weighted by Crippen LogP contribution is -2.21. The smallest absolute Gasteiger partial charge is 0.231 e. The molecule has 1 unspecified atom stereocenters. The Morgan fingerprint density at radius 2 is 2.16 bits per heavy atom. The van der Waals surface area contributed by atoms with Crippen LogP contribution in [0, 0.1) is 0 Å². The Bertz CT molecular complexity index is 539. The molecule has 3 nitrogen and oxygen atoms in total. The summed E-state index contributed by atoms with van der Waals surface area (Å²) < 4.78 is 10.7. The van der Waals surface area contributed by atoms with E-state index in [2.05, 4.69) is 41.9 Å². The first-order valence-electron chi connectivity index (χ1n) is 6.48. The molecular formula is C15H17NO2S. The minimum absolute atomic E-state index is 0.314. The number of fused-ring (bicyclic) bond motifs is 1. The second-order valence-electron chi connectivity index (χ2n) is 4.62. The highest BCUT2D eigenvalue weighted by Gasteiger charge is 2.15. The summed E-state index contributed by atoms with van der Waals surface area (Å²) in [4.78, 5) is 1.42. The maximum Gasteiger partial charge on any atom is 0.231 e. The van der Waals surface area contributed by atoms with Crippen molar-refractivity contribution in [3.63, 3.8) is 0 Å². The van der Waals surface area contributed by atoms with Gasteiger partial charge in [0.25, 0.3) is 0 Å². The number of hydrogen-bond acceptors (Lipinski definition) is 4. The maximum atomic E-state index is 5.40. The molecule has 0 fully saturated rings. The van der Waals surface area contributed by atoms with Gasteiger partial charge >= 0.3 is 0 Å². The Morgan fingerprint density at radius 1 is 1.26 bits per heavy atom. The van der Waals surface area contributed by atoms with Crippen LogP contribution in [0.5, 0.6) is 11.5 Å². The molecule has 0 radical (unpaired) electrons. The van der Waals surface area contributed by atoms with Gasteiger partial charge in [0.1, 0.15) is 0 Å². The molecule has 4 heteroatoms. The average Bonchev–Trinajstić information content (AvgIpc) is 3.08. The molecule has 1 aliphatic rings. The SMILES string of the molecule is CC(NCCc1cccs1)c1ccc2c(c1)OCO2. The summed E-state index contributed by atoms with van der Waals surface area (Å²) in [6.07, 6.45) is 1.08. The lowest BCUT2D eigenvalue weighted by atomic mass is 10.1.